The maximum Gasteiger partial charge on any atom is 0.0323 e. The second-order valence-corrected chi connectivity index (χ2v) is 5.24. The van der Waals surface area contributed by atoms with Gasteiger partial charge >= 0.3 is 0 Å². The molecule has 94 valence electrons. The monoisotopic (exact) mass is 295 g/mol. The molecule has 0 saturated carbocycles. The van der Waals surface area contributed by atoms with Gasteiger partial charge in [0.2, 0.25) is 0 Å². The number of rotatable bonds is 7. The van der Waals surface area contributed by atoms with Gasteiger partial charge < -0.3 is 5.32 Å². The van der Waals surface area contributed by atoms with Crippen molar-refractivity contribution in [2.45, 2.75) is 39.2 Å². The van der Waals surface area contributed by atoms with Crippen molar-refractivity contribution in [2.24, 2.45) is 0 Å². The van der Waals surface area contributed by atoms with Crippen molar-refractivity contribution >= 4 is 15.9 Å². The van der Waals surface area contributed by atoms with Crippen LogP contribution in [0.25, 0.3) is 0 Å². The van der Waals surface area contributed by atoms with Gasteiger partial charge in [0.1, 0.15) is 0 Å². The number of hydrogen-bond donors (Lipinski definition) is 1. The molecule has 17 heavy (non-hydrogen) atoms. The molecule has 0 aliphatic rings. The van der Waals surface area contributed by atoms with E-state index in [0.717, 1.165) is 19.4 Å². The lowest BCUT2D eigenvalue weighted by Gasteiger charge is -2.19. The van der Waals surface area contributed by atoms with E-state index in [9.17, 15) is 0 Å². The molecule has 0 heterocycles. The van der Waals surface area contributed by atoms with Crippen molar-refractivity contribution < 1.29 is 0 Å². The molecule has 1 aromatic rings. The molecule has 2 heteroatoms. The zero-order valence-corrected chi connectivity index (χ0v) is 12.4. The van der Waals surface area contributed by atoms with E-state index >= 15 is 0 Å². The molecule has 0 amide bonds. The van der Waals surface area contributed by atoms with E-state index in [0.29, 0.717) is 6.04 Å². The Hall–Kier alpha value is -0.600. The van der Waals surface area contributed by atoms with Crippen molar-refractivity contribution in [2.75, 3.05) is 6.54 Å². The van der Waals surface area contributed by atoms with E-state index in [2.05, 4.69) is 59.9 Å². The van der Waals surface area contributed by atoms with Crippen LogP contribution in [0, 0.1) is 6.92 Å². The maximum absolute atomic E-state index is 3.80. The molecule has 1 nitrogen and oxygen atoms in total. The van der Waals surface area contributed by atoms with Gasteiger partial charge in [0.15, 0.2) is 0 Å². The van der Waals surface area contributed by atoms with Gasteiger partial charge in [0.05, 0.1) is 0 Å². The SMILES string of the molecule is C=CCCC(NCCC)c1ccc(Br)c(C)c1. The van der Waals surface area contributed by atoms with Gasteiger partial charge in [-0.3, -0.25) is 0 Å². The van der Waals surface area contributed by atoms with Crippen LogP contribution in [0.2, 0.25) is 0 Å². The Morgan fingerprint density at radius 3 is 2.82 bits per heavy atom. The highest BCUT2D eigenvalue weighted by Crippen LogP contribution is 2.24. The van der Waals surface area contributed by atoms with Gasteiger partial charge in [-0.25, -0.2) is 0 Å². The highest BCUT2D eigenvalue weighted by Gasteiger charge is 2.10. The molecule has 1 aromatic carbocycles. The van der Waals surface area contributed by atoms with Crippen LogP contribution in [-0.4, -0.2) is 6.54 Å². The Balaban J connectivity index is 2.78. The molecule has 1 N–H and O–H groups in total. The summed E-state index contributed by atoms with van der Waals surface area (Å²) in [5.74, 6) is 0. The summed E-state index contributed by atoms with van der Waals surface area (Å²) in [7, 11) is 0. The molecule has 0 fully saturated rings. The van der Waals surface area contributed by atoms with Crippen LogP contribution in [-0.2, 0) is 0 Å². The molecule has 1 unspecified atom stereocenters. The normalized spacial score (nSPS) is 12.4. The minimum atomic E-state index is 0.444. The predicted octanol–water partition coefficient (Wildman–Crippen LogP) is 4.76. The first-order valence-electron chi connectivity index (χ1n) is 6.29. The summed E-state index contributed by atoms with van der Waals surface area (Å²) in [6.07, 6.45) is 5.33. The van der Waals surface area contributed by atoms with Crippen LogP contribution in [0.1, 0.15) is 43.4 Å². The highest BCUT2D eigenvalue weighted by molar-refractivity contribution is 9.10. The predicted molar refractivity (Wildman–Crippen MR) is 79.3 cm³/mol. The van der Waals surface area contributed by atoms with Crippen LogP contribution in [0.15, 0.2) is 35.3 Å². The molecular formula is C15H22BrN. The molecule has 0 spiro atoms. The Kier molecular flexibility index (Phi) is 6.53. The largest absolute Gasteiger partial charge is 0.310 e. The van der Waals surface area contributed by atoms with Crippen molar-refractivity contribution in [3.8, 4) is 0 Å². The van der Waals surface area contributed by atoms with Gasteiger partial charge in [0.25, 0.3) is 0 Å². The lowest BCUT2D eigenvalue weighted by atomic mass is 10.00. The van der Waals surface area contributed by atoms with E-state index in [1.807, 2.05) is 6.08 Å². The van der Waals surface area contributed by atoms with E-state index in [1.165, 1.54) is 22.0 Å². The fourth-order valence-electron chi connectivity index (χ4n) is 1.87. The van der Waals surface area contributed by atoms with Crippen molar-refractivity contribution in [3.05, 3.63) is 46.5 Å². The van der Waals surface area contributed by atoms with Crippen LogP contribution in [0.3, 0.4) is 0 Å². The summed E-state index contributed by atoms with van der Waals surface area (Å²) in [6, 6.07) is 7.05. The molecule has 0 saturated heterocycles. The fraction of sp³-hybridized carbons (Fsp3) is 0.467. The molecule has 0 aromatic heterocycles. The van der Waals surface area contributed by atoms with E-state index in [4.69, 9.17) is 0 Å². The summed E-state index contributed by atoms with van der Waals surface area (Å²) < 4.78 is 1.18. The minimum absolute atomic E-state index is 0.444. The lowest BCUT2D eigenvalue weighted by Crippen LogP contribution is -2.22. The highest BCUT2D eigenvalue weighted by atomic mass is 79.9. The fourth-order valence-corrected chi connectivity index (χ4v) is 2.12. The summed E-state index contributed by atoms with van der Waals surface area (Å²) in [5, 5.41) is 3.60. The standard InChI is InChI=1S/C15H22BrN/c1-4-6-7-15(17-10-5-2)13-8-9-14(16)12(3)11-13/h4,8-9,11,15,17H,1,5-7,10H2,2-3H3. The van der Waals surface area contributed by atoms with E-state index in [1.54, 1.807) is 0 Å². The number of hydrogen-bond acceptors (Lipinski definition) is 1. The zero-order chi connectivity index (χ0) is 12.7. The molecular weight excluding hydrogens is 274 g/mol. The number of aryl methyl sites for hydroxylation is 1. The summed E-state index contributed by atoms with van der Waals surface area (Å²) in [5.41, 5.74) is 2.67. The van der Waals surface area contributed by atoms with Gasteiger partial charge in [-0.05, 0) is 49.9 Å². The number of nitrogens with one attached hydrogen (secondary N) is 1. The van der Waals surface area contributed by atoms with Gasteiger partial charge in [-0.15, -0.1) is 6.58 Å². The van der Waals surface area contributed by atoms with Gasteiger partial charge in [0, 0.05) is 10.5 Å². The first-order valence-corrected chi connectivity index (χ1v) is 7.08. The first kappa shape index (κ1) is 14.5. The molecule has 0 bridgehead atoms. The zero-order valence-electron chi connectivity index (χ0n) is 10.8. The van der Waals surface area contributed by atoms with Crippen molar-refractivity contribution in [1.82, 2.24) is 5.32 Å². The van der Waals surface area contributed by atoms with E-state index in [-0.39, 0.29) is 0 Å². The topological polar surface area (TPSA) is 12.0 Å². The Morgan fingerprint density at radius 1 is 1.47 bits per heavy atom. The molecule has 1 atom stereocenters. The van der Waals surface area contributed by atoms with E-state index < -0.39 is 0 Å². The minimum Gasteiger partial charge on any atom is -0.310 e. The van der Waals surface area contributed by atoms with Gasteiger partial charge in [-0.1, -0.05) is 41.1 Å². The van der Waals surface area contributed by atoms with Crippen LogP contribution < -0.4 is 5.32 Å². The first-order chi connectivity index (χ1) is 8.19. The summed E-state index contributed by atoms with van der Waals surface area (Å²) in [6.45, 7) is 9.21. The quantitative estimate of drug-likeness (QED) is 0.715. The molecule has 0 aliphatic heterocycles. The number of allylic oxidation sites excluding steroid dienone is 1. The lowest BCUT2D eigenvalue weighted by molar-refractivity contribution is 0.503. The number of benzene rings is 1. The molecule has 0 radical (unpaired) electrons. The van der Waals surface area contributed by atoms with Crippen LogP contribution >= 0.6 is 15.9 Å². The average Bonchev–Trinajstić information content (AvgIpc) is 2.33. The molecule has 0 aliphatic carbocycles. The summed E-state index contributed by atoms with van der Waals surface area (Å²) >= 11 is 3.55. The third-order valence-corrected chi connectivity index (χ3v) is 3.77. The Bertz CT molecular complexity index is 360. The van der Waals surface area contributed by atoms with Crippen molar-refractivity contribution in [1.29, 1.82) is 0 Å². The smallest absolute Gasteiger partial charge is 0.0323 e. The third kappa shape index (κ3) is 4.64. The average molecular weight is 296 g/mol. The molecule has 1 rings (SSSR count). The summed E-state index contributed by atoms with van der Waals surface area (Å²) in [4.78, 5) is 0. The second kappa shape index (κ2) is 7.67. The van der Waals surface area contributed by atoms with Crippen LogP contribution in [0.4, 0.5) is 0 Å². The Morgan fingerprint density at radius 2 is 2.24 bits per heavy atom. The number of halogens is 1. The second-order valence-electron chi connectivity index (χ2n) is 4.38. The van der Waals surface area contributed by atoms with Crippen molar-refractivity contribution in [3.63, 3.8) is 0 Å². The van der Waals surface area contributed by atoms with Crippen LogP contribution in [0.5, 0.6) is 0 Å². The Labute approximate surface area is 113 Å². The maximum atomic E-state index is 3.80. The third-order valence-electron chi connectivity index (χ3n) is 2.88. The van der Waals surface area contributed by atoms with Gasteiger partial charge in [-0.2, -0.15) is 0 Å².